The van der Waals surface area contributed by atoms with E-state index in [1.807, 2.05) is 0 Å². The van der Waals surface area contributed by atoms with E-state index >= 15 is 0 Å². The van der Waals surface area contributed by atoms with Crippen LogP contribution in [0, 0.1) is 0 Å². The van der Waals surface area contributed by atoms with Crippen LogP contribution in [0.4, 0.5) is 18.0 Å². The predicted octanol–water partition coefficient (Wildman–Crippen LogP) is 2.85. The molecule has 1 heterocycles. The lowest BCUT2D eigenvalue weighted by Crippen LogP contribution is -2.37. The molecular formula is C14H15F3N4O3. The van der Waals surface area contributed by atoms with Crippen LogP contribution in [0.1, 0.15) is 18.4 Å². The molecule has 0 aliphatic rings. The van der Waals surface area contributed by atoms with E-state index in [1.165, 1.54) is 19.2 Å². The van der Waals surface area contributed by atoms with Crippen molar-refractivity contribution in [3.63, 3.8) is 0 Å². The summed E-state index contributed by atoms with van der Waals surface area (Å²) in [5.41, 5.74) is 1.08. The van der Waals surface area contributed by atoms with Gasteiger partial charge in [-0.2, -0.15) is 23.2 Å². The van der Waals surface area contributed by atoms with E-state index in [9.17, 15) is 18.0 Å². The minimum atomic E-state index is -4.68. The number of rotatable bonds is 5. The number of aromatic nitrogens is 2. The van der Waals surface area contributed by atoms with Crippen molar-refractivity contribution in [1.82, 2.24) is 20.5 Å². The zero-order valence-electron chi connectivity index (χ0n) is 12.9. The number of nitrogens with one attached hydrogen (secondary N) is 1. The van der Waals surface area contributed by atoms with E-state index in [0.717, 1.165) is 10.6 Å². The molecule has 2 rings (SSSR count). The van der Waals surface area contributed by atoms with Crippen LogP contribution in [0.3, 0.4) is 0 Å². The number of halogens is 3. The average Bonchev–Trinajstić information content (AvgIpc) is 3.04. The smallest absolute Gasteiger partial charge is 0.339 e. The van der Waals surface area contributed by atoms with Gasteiger partial charge in [0.1, 0.15) is 0 Å². The minimum Gasteiger partial charge on any atom is -0.339 e. The second-order valence-corrected chi connectivity index (χ2v) is 4.63. The van der Waals surface area contributed by atoms with Crippen LogP contribution in [0.25, 0.3) is 11.4 Å². The summed E-state index contributed by atoms with van der Waals surface area (Å²) in [5, 5.41) is 6.90. The van der Waals surface area contributed by atoms with Crippen molar-refractivity contribution in [2.75, 3.05) is 13.7 Å². The third-order valence-corrected chi connectivity index (χ3v) is 2.93. The number of carbonyl (C=O) groups excluding carboxylic acids is 1. The van der Waals surface area contributed by atoms with Crippen molar-refractivity contribution in [3.8, 4) is 11.4 Å². The van der Waals surface area contributed by atoms with Gasteiger partial charge in [-0.3, -0.25) is 4.84 Å². The molecule has 2 amide bonds. The number of nitrogens with zero attached hydrogens (tertiary/aromatic N) is 3. The van der Waals surface area contributed by atoms with Gasteiger partial charge < -0.3 is 9.84 Å². The summed E-state index contributed by atoms with van der Waals surface area (Å²) in [6.07, 6.45) is -4.68. The van der Waals surface area contributed by atoms with E-state index in [2.05, 4.69) is 20.0 Å². The minimum absolute atomic E-state index is 0.165. The van der Waals surface area contributed by atoms with Crippen molar-refractivity contribution >= 4 is 6.03 Å². The quantitative estimate of drug-likeness (QED) is 0.844. The van der Waals surface area contributed by atoms with Crippen LogP contribution in [0.2, 0.25) is 0 Å². The monoisotopic (exact) mass is 344 g/mol. The molecule has 0 saturated carbocycles. The molecule has 2 aromatic rings. The van der Waals surface area contributed by atoms with Crippen LogP contribution in [-0.2, 0) is 17.6 Å². The van der Waals surface area contributed by atoms with Gasteiger partial charge in [0.15, 0.2) is 0 Å². The normalized spacial score (nSPS) is 11.4. The second-order valence-electron chi connectivity index (χ2n) is 4.63. The number of carbonyl (C=O) groups is 1. The molecule has 1 N–H and O–H groups in total. The van der Waals surface area contributed by atoms with Gasteiger partial charge >= 0.3 is 18.1 Å². The number of benzene rings is 1. The molecule has 24 heavy (non-hydrogen) atoms. The van der Waals surface area contributed by atoms with E-state index in [-0.39, 0.29) is 12.4 Å². The highest BCUT2D eigenvalue weighted by atomic mass is 19.4. The highest BCUT2D eigenvalue weighted by Crippen LogP contribution is 2.29. The highest BCUT2D eigenvalue weighted by Gasteiger charge is 2.38. The van der Waals surface area contributed by atoms with Gasteiger partial charge in [0.2, 0.25) is 5.82 Å². The topological polar surface area (TPSA) is 80.5 Å². The van der Waals surface area contributed by atoms with Crippen LogP contribution in [0.15, 0.2) is 28.8 Å². The van der Waals surface area contributed by atoms with Gasteiger partial charge in [-0.25, -0.2) is 4.79 Å². The van der Waals surface area contributed by atoms with E-state index < -0.39 is 18.1 Å². The first kappa shape index (κ1) is 17.7. The van der Waals surface area contributed by atoms with Crippen LogP contribution >= 0.6 is 0 Å². The van der Waals surface area contributed by atoms with Gasteiger partial charge in [0.25, 0.3) is 0 Å². The Kier molecular flexibility index (Phi) is 5.39. The standard InChI is InChI=1S/C14H15F3N4O3/c1-3-23-21(13(22)18-2)8-9-4-6-10(7-5-9)11-19-12(24-20-11)14(15,16)17/h4-7H,3,8H2,1-2H3,(H,18,22). The molecule has 0 atom stereocenters. The van der Waals surface area contributed by atoms with Crippen LogP contribution < -0.4 is 5.32 Å². The Bertz CT molecular complexity index is 685. The second kappa shape index (κ2) is 7.30. The van der Waals surface area contributed by atoms with Crippen LogP contribution in [-0.4, -0.2) is 34.9 Å². The molecule has 7 nitrogen and oxygen atoms in total. The summed E-state index contributed by atoms with van der Waals surface area (Å²) >= 11 is 0. The molecule has 130 valence electrons. The maximum Gasteiger partial charge on any atom is 0.471 e. The number of hydrogen-bond acceptors (Lipinski definition) is 5. The van der Waals surface area contributed by atoms with Gasteiger partial charge in [0, 0.05) is 12.6 Å². The fraction of sp³-hybridized carbons (Fsp3) is 0.357. The molecule has 0 saturated heterocycles. The highest BCUT2D eigenvalue weighted by molar-refractivity contribution is 5.72. The summed E-state index contributed by atoms with van der Waals surface area (Å²) in [6.45, 7) is 2.23. The molecule has 0 unspecified atom stereocenters. The zero-order valence-corrected chi connectivity index (χ0v) is 12.9. The Morgan fingerprint density at radius 1 is 1.33 bits per heavy atom. The number of urea groups is 1. The van der Waals surface area contributed by atoms with E-state index in [4.69, 9.17) is 4.84 Å². The SMILES string of the molecule is CCON(Cc1ccc(-c2noc(C(F)(F)F)n2)cc1)C(=O)NC. The van der Waals surface area contributed by atoms with E-state index in [1.54, 1.807) is 19.1 Å². The molecule has 0 aliphatic carbocycles. The lowest BCUT2D eigenvalue weighted by atomic mass is 10.1. The maximum atomic E-state index is 12.5. The summed E-state index contributed by atoms with van der Waals surface area (Å²) in [4.78, 5) is 20.2. The van der Waals surface area contributed by atoms with Crippen molar-refractivity contribution in [2.24, 2.45) is 0 Å². The first-order valence-corrected chi connectivity index (χ1v) is 6.97. The van der Waals surface area contributed by atoms with Gasteiger partial charge in [-0.05, 0) is 12.5 Å². The van der Waals surface area contributed by atoms with E-state index in [0.29, 0.717) is 12.2 Å². The summed E-state index contributed by atoms with van der Waals surface area (Å²) < 4.78 is 41.5. The summed E-state index contributed by atoms with van der Waals surface area (Å²) in [7, 11) is 1.48. The lowest BCUT2D eigenvalue weighted by Gasteiger charge is -2.20. The number of hydrogen-bond donors (Lipinski definition) is 1. The molecule has 1 aromatic heterocycles. The Labute approximate surface area is 135 Å². The first-order valence-electron chi connectivity index (χ1n) is 6.97. The first-order chi connectivity index (χ1) is 11.3. The molecule has 0 fully saturated rings. The van der Waals surface area contributed by atoms with Gasteiger partial charge in [-0.1, -0.05) is 29.4 Å². The average molecular weight is 344 g/mol. The van der Waals surface area contributed by atoms with Crippen molar-refractivity contribution < 1.29 is 27.3 Å². The van der Waals surface area contributed by atoms with Crippen molar-refractivity contribution in [1.29, 1.82) is 0 Å². The molecule has 0 aliphatic heterocycles. The molecule has 0 radical (unpaired) electrons. The zero-order chi connectivity index (χ0) is 17.7. The number of alkyl halides is 3. The molecular weight excluding hydrogens is 329 g/mol. The number of amides is 2. The Morgan fingerprint density at radius 2 is 2.00 bits per heavy atom. The van der Waals surface area contributed by atoms with Crippen molar-refractivity contribution in [3.05, 3.63) is 35.7 Å². The fourth-order valence-electron chi connectivity index (χ4n) is 1.84. The third-order valence-electron chi connectivity index (χ3n) is 2.93. The summed E-state index contributed by atoms with van der Waals surface area (Å²) in [5.74, 6) is -1.56. The van der Waals surface area contributed by atoms with Crippen molar-refractivity contribution in [2.45, 2.75) is 19.6 Å². The lowest BCUT2D eigenvalue weighted by molar-refractivity contribution is -0.159. The maximum absolute atomic E-state index is 12.5. The summed E-state index contributed by atoms with van der Waals surface area (Å²) in [6, 6.07) is 5.93. The van der Waals surface area contributed by atoms with Gasteiger partial charge in [-0.15, -0.1) is 0 Å². The molecule has 0 bridgehead atoms. The largest absolute Gasteiger partial charge is 0.471 e. The van der Waals surface area contributed by atoms with Gasteiger partial charge in [0.05, 0.1) is 13.2 Å². The third kappa shape index (κ3) is 4.22. The molecule has 1 aromatic carbocycles. The number of hydroxylamine groups is 2. The fourth-order valence-corrected chi connectivity index (χ4v) is 1.84. The predicted molar refractivity (Wildman–Crippen MR) is 76.4 cm³/mol. The van der Waals surface area contributed by atoms with Crippen LogP contribution in [0.5, 0.6) is 0 Å². The molecule has 0 spiro atoms. The Morgan fingerprint density at radius 3 is 2.50 bits per heavy atom. The Balaban J connectivity index is 2.12. The molecule has 10 heteroatoms. The Hall–Kier alpha value is -2.62.